The minimum Gasteiger partial charge on any atom is -0.371 e. The summed E-state index contributed by atoms with van der Waals surface area (Å²) in [7, 11) is -3.98. The van der Waals surface area contributed by atoms with E-state index in [0.29, 0.717) is 11.2 Å². The average Bonchev–Trinajstić information content (AvgIpc) is 3.18. The van der Waals surface area contributed by atoms with E-state index in [2.05, 4.69) is 13.5 Å². The molecule has 0 heterocycles. The van der Waals surface area contributed by atoms with Crippen molar-refractivity contribution in [3.63, 3.8) is 0 Å². The molecule has 0 saturated heterocycles. The molecule has 5 heteroatoms. The van der Waals surface area contributed by atoms with Crippen molar-refractivity contribution in [3.8, 4) is 5.75 Å². The molecule has 2 saturated carbocycles. The van der Waals surface area contributed by atoms with Crippen LogP contribution in [0.25, 0.3) is 5.57 Å². The molecule has 4 nitrogen and oxygen atoms in total. The van der Waals surface area contributed by atoms with Gasteiger partial charge in [-0.2, -0.15) is 13.6 Å². The van der Waals surface area contributed by atoms with E-state index in [-0.39, 0.29) is 5.41 Å². The fourth-order valence-corrected chi connectivity index (χ4v) is 6.55. The zero-order chi connectivity index (χ0) is 17.6. The fraction of sp³-hybridized carbons (Fsp3) is 0.500. The lowest BCUT2D eigenvalue weighted by molar-refractivity contribution is 0.232. The number of rotatable bonds is 2. The number of benzene rings is 1. The number of allylic oxidation sites excluding steroid dienone is 3. The van der Waals surface area contributed by atoms with E-state index in [4.69, 9.17) is 9.32 Å². The van der Waals surface area contributed by atoms with Crippen molar-refractivity contribution in [2.45, 2.75) is 45.4 Å². The molecular weight excluding hydrogens is 334 g/mol. The van der Waals surface area contributed by atoms with Crippen LogP contribution in [0.2, 0.25) is 0 Å². The molecule has 0 bridgehead atoms. The molecule has 5 rings (SSSR count). The molecule has 25 heavy (non-hydrogen) atoms. The van der Waals surface area contributed by atoms with Gasteiger partial charge in [0.1, 0.15) is 5.75 Å². The van der Waals surface area contributed by atoms with Crippen molar-refractivity contribution < 1.29 is 12.6 Å². The Labute approximate surface area is 149 Å². The summed E-state index contributed by atoms with van der Waals surface area (Å²) in [6.45, 7) is 6.84. The molecule has 2 N–H and O–H groups in total. The van der Waals surface area contributed by atoms with E-state index in [1.54, 1.807) is 11.6 Å². The lowest BCUT2D eigenvalue weighted by atomic mass is 9.58. The largest absolute Gasteiger partial charge is 0.380 e. The van der Waals surface area contributed by atoms with E-state index in [1.807, 2.05) is 12.1 Å². The Morgan fingerprint density at radius 1 is 1.28 bits per heavy atom. The lowest BCUT2D eigenvalue weighted by Crippen LogP contribution is -2.34. The summed E-state index contributed by atoms with van der Waals surface area (Å²) < 4.78 is 27.2. The Morgan fingerprint density at radius 3 is 2.84 bits per heavy atom. The van der Waals surface area contributed by atoms with E-state index in [0.717, 1.165) is 25.2 Å². The second-order valence-corrected chi connectivity index (χ2v) is 9.52. The Balaban J connectivity index is 1.59. The maximum absolute atomic E-state index is 11.2. The molecule has 3 atom stereocenters. The maximum atomic E-state index is 11.2. The van der Waals surface area contributed by atoms with Gasteiger partial charge in [0.15, 0.2) is 0 Å². The molecule has 1 aromatic rings. The van der Waals surface area contributed by atoms with Gasteiger partial charge in [0.2, 0.25) is 0 Å². The number of aryl methyl sites for hydroxylation is 1. The topological polar surface area (TPSA) is 69.4 Å². The summed E-state index contributed by atoms with van der Waals surface area (Å²) in [5, 5.41) is 4.99. The third kappa shape index (κ3) is 1.94. The first kappa shape index (κ1) is 15.6. The van der Waals surface area contributed by atoms with Crippen LogP contribution < -0.4 is 9.32 Å². The molecule has 1 aromatic carbocycles. The monoisotopic (exact) mass is 357 g/mol. The van der Waals surface area contributed by atoms with Crippen LogP contribution >= 0.6 is 0 Å². The molecule has 1 unspecified atom stereocenters. The first-order valence-corrected chi connectivity index (χ1v) is 10.5. The summed E-state index contributed by atoms with van der Waals surface area (Å²) in [5.74, 6) is 1.10. The number of hydrogen-bond donors (Lipinski definition) is 1. The first-order chi connectivity index (χ1) is 11.7. The first-order valence-electron chi connectivity index (χ1n) is 9.01. The molecule has 132 valence electrons. The van der Waals surface area contributed by atoms with Gasteiger partial charge in [0, 0.05) is 5.41 Å². The van der Waals surface area contributed by atoms with Crippen molar-refractivity contribution >= 4 is 15.9 Å². The molecule has 4 aliphatic carbocycles. The van der Waals surface area contributed by atoms with Crippen LogP contribution in [0.5, 0.6) is 5.75 Å². The Kier molecular flexibility index (Phi) is 2.86. The van der Waals surface area contributed by atoms with Gasteiger partial charge in [-0.1, -0.05) is 30.7 Å². The summed E-state index contributed by atoms with van der Waals surface area (Å²) in [6.07, 6.45) is 6.79. The highest BCUT2D eigenvalue weighted by Gasteiger charge is 2.72. The van der Waals surface area contributed by atoms with Gasteiger partial charge in [-0.15, -0.1) is 0 Å². The predicted octanol–water partition coefficient (Wildman–Crippen LogP) is 3.74. The normalized spacial score (nSPS) is 35.6. The van der Waals surface area contributed by atoms with Gasteiger partial charge in [-0.3, -0.25) is 0 Å². The number of nitrogens with two attached hydrogens (primary N) is 1. The second kappa shape index (κ2) is 4.57. The summed E-state index contributed by atoms with van der Waals surface area (Å²) in [4.78, 5) is 0. The van der Waals surface area contributed by atoms with Crippen LogP contribution in [0.15, 0.2) is 35.9 Å². The van der Waals surface area contributed by atoms with E-state index in [9.17, 15) is 8.42 Å². The second-order valence-electron chi connectivity index (χ2n) is 8.36. The van der Waals surface area contributed by atoms with E-state index < -0.39 is 10.3 Å². The van der Waals surface area contributed by atoms with Crippen LogP contribution in [0.3, 0.4) is 0 Å². The number of fused-ring (bicyclic) bond motifs is 2. The fourth-order valence-electron chi connectivity index (χ4n) is 6.18. The number of hydrogen-bond acceptors (Lipinski definition) is 3. The van der Waals surface area contributed by atoms with E-state index >= 15 is 0 Å². The van der Waals surface area contributed by atoms with Crippen LogP contribution in [0, 0.1) is 16.7 Å². The highest BCUT2D eigenvalue weighted by Crippen LogP contribution is 2.81. The van der Waals surface area contributed by atoms with Crippen LogP contribution in [0.4, 0.5) is 0 Å². The summed E-state index contributed by atoms with van der Waals surface area (Å²) >= 11 is 0. The van der Waals surface area contributed by atoms with Gasteiger partial charge in [0.05, 0.1) is 0 Å². The maximum Gasteiger partial charge on any atom is 0.380 e. The lowest BCUT2D eigenvalue weighted by Gasteiger charge is -2.45. The van der Waals surface area contributed by atoms with E-state index in [1.165, 1.54) is 41.5 Å². The van der Waals surface area contributed by atoms with Gasteiger partial charge < -0.3 is 4.18 Å². The summed E-state index contributed by atoms with van der Waals surface area (Å²) in [6, 6.07) is 5.58. The van der Waals surface area contributed by atoms with Gasteiger partial charge in [-0.25, -0.2) is 0 Å². The Morgan fingerprint density at radius 2 is 2.08 bits per heavy atom. The van der Waals surface area contributed by atoms with Crippen molar-refractivity contribution in [2.75, 3.05) is 0 Å². The molecule has 0 aliphatic heterocycles. The highest BCUT2D eigenvalue weighted by molar-refractivity contribution is 7.84. The highest BCUT2D eigenvalue weighted by atomic mass is 32.2. The van der Waals surface area contributed by atoms with Crippen LogP contribution in [-0.2, 0) is 16.7 Å². The van der Waals surface area contributed by atoms with Crippen molar-refractivity contribution in [1.82, 2.24) is 0 Å². The smallest absolute Gasteiger partial charge is 0.371 e. The van der Waals surface area contributed by atoms with Gasteiger partial charge in [-0.05, 0) is 78.7 Å². The molecule has 0 radical (unpaired) electrons. The van der Waals surface area contributed by atoms with Crippen LogP contribution in [-0.4, -0.2) is 8.42 Å². The van der Waals surface area contributed by atoms with Gasteiger partial charge >= 0.3 is 10.3 Å². The molecule has 2 fully saturated rings. The van der Waals surface area contributed by atoms with Crippen molar-refractivity contribution in [3.05, 3.63) is 47.1 Å². The third-order valence-corrected chi connectivity index (χ3v) is 7.82. The third-order valence-electron chi connectivity index (χ3n) is 7.40. The van der Waals surface area contributed by atoms with Crippen molar-refractivity contribution in [2.24, 2.45) is 21.9 Å². The zero-order valence-electron chi connectivity index (χ0n) is 14.5. The quantitative estimate of drug-likeness (QED) is 0.820. The minimum atomic E-state index is -3.98. The van der Waals surface area contributed by atoms with Crippen LogP contribution in [0.1, 0.15) is 50.2 Å². The minimum absolute atomic E-state index is 0.282. The predicted molar refractivity (Wildman–Crippen MR) is 97.1 cm³/mol. The average molecular weight is 357 g/mol. The molecule has 0 amide bonds. The Hall–Kier alpha value is -1.59. The molecule has 4 aliphatic rings. The SMILES string of the molecule is C=C1C[C@@H]2CC23C2=C(CC[C@]13C)c1ccc(OS(N)(=O)=O)cc1CC2. The van der Waals surface area contributed by atoms with Crippen molar-refractivity contribution in [1.29, 1.82) is 0 Å². The van der Waals surface area contributed by atoms with Gasteiger partial charge in [0.25, 0.3) is 0 Å². The zero-order valence-corrected chi connectivity index (χ0v) is 15.3. The summed E-state index contributed by atoms with van der Waals surface area (Å²) in [5.41, 5.74) is 7.72. The molecule has 0 aromatic heterocycles. The molecule has 1 spiro atoms. The molecular formula is C20H23NO3S. The Bertz CT molecular complexity index is 961. The standard InChI is InChI=1S/C20H23NO3S/c1-12-9-14-11-20(14)18-6-3-13-10-15(24-25(21,22)23)4-5-16(13)17(18)7-8-19(12,20)2/h4-5,10,14H,1,3,6-9,11H2,2H3,(H2,21,22,23)/t14-,19-,20?/m1/s1.